The lowest BCUT2D eigenvalue weighted by atomic mass is 9.97. The van der Waals surface area contributed by atoms with Crippen LogP contribution in [0, 0.1) is 6.92 Å². The first-order valence-corrected chi connectivity index (χ1v) is 10.6. The molecule has 0 aliphatic heterocycles. The fraction of sp³-hybridized carbons (Fsp3) is 0.304. The Balaban J connectivity index is 0.00000265. The molecule has 2 rings (SSSR count). The van der Waals surface area contributed by atoms with Crippen molar-refractivity contribution in [2.75, 3.05) is 28.1 Å². The van der Waals surface area contributed by atoms with Crippen LogP contribution < -0.4 is 14.8 Å². The van der Waals surface area contributed by atoms with Crippen LogP contribution in [0.5, 0.6) is 11.5 Å². The van der Waals surface area contributed by atoms with E-state index in [1.165, 1.54) is 13.2 Å². The zero-order valence-electron chi connectivity index (χ0n) is 19.3. The van der Waals surface area contributed by atoms with Crippen molar-refractivity contribution in [3.63, 3.8) is 0 Å². The van der Waals surface area contributed by atoms with Gasteiger partial charge in [0.1, 0.15) is 0 Å². The van der Waals surface area contributed by atoms with Gasteiger partial charge in [0.2, 0.25) is 5.91 Å². The first-order chi connectivity index (χ1) is 15.9. The zero-order chi connectivity index (χ0) is 24.8. The number of carbonyl (C=O) groups excluding carboxylic acids is 1. The third kappa shape index (κ3) is 8.67. The molecule has 8 nitrogen and oxygen atoms in total. The summed E-state index contributed by atoms with van der Waals surface area (Å²) in [5.41, 5.74) is 2.89. The average Bonchev–Trinajstić information content (AvgIpc) is 2.83. The molecule has 0 aliphatic carbocycles. The minimum absolute atomic E-state index is 0.00424. The van der Waals surface area contributed by atoms with Crippen molar-refractivity contribution in [3.8, 4) is 11.5 Å². The summed E-state index contributed by atoms with van der Waals surface area (Å²) >= 11 is 6.63. The molecule has 2 unspecified atom stereocenters. The Morgan fingerprint density at radius 3 is 2.52 bits per heavy atom. The highest BCUT2D eigenvalue weighted by atomic mass is 35.5. The molecule has 0 bridgehead atoms. The average molecular weight is 497 g/mol. The molecule has 1 amide bonds. The second kappa shape index (κ2) is 15.2. The number of rotatable bonds is 10. The lowest BCUT2D eigenvalue weighted by Gasteiger charge is -2.21. The van der Waals surface area contributed by atoms with Crippen LogP contribution in [-0.2, 0) is 14.1 Å². The third-order valence-corrected chi connectivity index (χ3v) is 4.78. The molecular formula is C23H30ClN2O6P. The second-order valence-electron chi connectivity index (χ2n) is 6.45. The number of aliphatic hydroxyl groups excluding tert-OH is 1. The van der Waals surface area contributed by atoms with Gasteiger partial charge in [-0.2, -0.15) is 0 Å². The first-order valence-electron chi connectivity index (χ1n) is 9.77. The Kier molecular flexibility index (Phi) is 13.1. The Hall–Kier alpha value is -2.64. The summed E-state index contributed by atoms with van der Waals surface area (Å²) in [6.45, 7) is 3.31. The first kappa shape index (κ1) is 28.4. The molecule has 1 heterocycles. The Morgan fingerprint density at radius 2 is 1.94 bits per heavy atom. The van der Waals surface area contributed by atoms with Gasteiger partial charge in [0, 0.05) is 46.5 Å². The fourth-order valence-electron chi connectivity index (χ4n) is 2.91. The molecule has 2 aromatic rings. The number of aryl methyl sites for hydroxylation is 1. The molecule has 0 aliphatic rings. The predicted molar refractivity (Wildman–Crippen MR) is 132 cm³/mol. The van der Waals surface area contributed by atoms with Crippen molar-refractivity contribution >= 4 is 32.0 Å². The van der Waals surface area contributed by atoms with E-state index in [0.717, 1.165) is 23.9 Å². The predicted octanol–water partition coefficient (Wildman–Crippen LogP) is 4.14. The third-order valence-electron chi connectivity index (χ3n) is 4.33. The minimum Gasteiger partial charge on any atom is -0.493 e. The van der Waals surface area contributed by atoms with Gasteiger partial charge in [-0.15, -0.1) is 0 Å². The van der Waals surface area contributed by atoms with E-state index in [9.17, 15) is 4.79 Å². The standard InChI is InChI=1S/C22H26ClN2O5P.CH4O/c1-14-18(6-5-9-24-14)19(23)10-17(12-29-13-30-31)22(25-15(2)26)16-7-8-20(27-3)21(11-16)28-4;1-2/h5-12,22H,13,31H2,1-4H3,(H,25,26);2H,1H3/b17-12-,19-10+;. The van der Waals surface area contributed by atoms with Gasteiger partial charge in [-0.05, 0) is 36.8 Å². The van der Waals surface area contributed by atoms with Gasteiger partial charge in [-0.1, -0.05) is 23.7 Å². The highest BCUT2D eigenvalue weighted by molar-refractivity contribution is 7.09. The van der Waals surface area contributed by atoms with Gasteiger partial charge in [0.25, 0.3) is 0 Å². The number of benzene rings is 1. The molecule has 33 heavy (non-hydrogen) atoms. The second-order valence-corrected chi connectivity index (χ2v) is 7.19. The summed E-state index contributed by atoms with van der Waals surface area (Å²) in [6.07, 6.45) is 4.92. The summed E-state index contributed by atoms with van der Waals surface area (Å²) in [4.78, 5) is 16.3. The van der Waals surface area contributed by atoms with Gasteiger partial charge in [0.15, 0.2) is 18.3 Å². The maximum atomic E-state index is 12.0. The number of methoxy groups -OCH3 is 2. The molecule has 2 N–H and O–H groups in total. The monoisotopic (exact) mass is 496 g/mol. The minimum atomic E-state index is -0.576. The van der Waals surface area contributed by atoms with Crippen LogP contribution in [0.3, 0.4) is 0 Å². The number of nitrogens with one attached hydrogen (secondary N) is 1. The number of halogens is 1. The zero-order valence-corrected chi connectivity index (χ0v) is 21.2. The number of hydrogen-bond donors (Lipinski definition) is 2. The van der Waals surface area contributed by atoms with Crippen LogP contribution >= 0.6 is 21.1 Å². The van der Waals surface area contributed by atoms with Crippen molar-refractivity contribution in [2.24, 2.45) is 0 Å². The molecule has 2 atom stereocenters. The molecular weight excluding hydrogens is 467 g/mol. The van der Waals surface area contributed by atoms with E-state index in [2.05, 4.69) is 19.8 Å². The van der Waals surface area contributed by atoms with E-state index in [4.69, 9.17) is 35.4 Å². The van der Waals surface area contributed by atoms with Gasteiger partial charge in [-0.3, -0.25) is 9.78 Å². The van der Waals surface area contributed by atoms with Gasteiger partial charge in [-0.25, -0.2) is 0 Å². The van der Waals surface area contributed by atoms with Crippen molar-refractivity contribution in [2.45, 2.75) is 19.9 Å². The smallest absolute Gasteiger partial charge is 0.217 e. The maximum absolute atomic E-state index is 12.0. The van der Waals surface area contributed by atoms with Crippen LogP contribution in [0.4, 0.5) is 0 Å². The Labute approximate surface area is 201 Å². The molecule has 0 spiro atoms. The number of nitrogens with zero attached hydrogens (tertiary/aromatic N) is 1. The van der Waals surface area contributed by atoms with Crippen LogP contribution in [0.15, 0.2) is 54.4 Å². The van der Waals surface area contributed by atoms with Crippen molar-refractivity contribution < 1.29 is 28.6 Å². The van der Waals surface area contributed by atoms with Crippen molar-refractivity contribution in [1.29, 1.82) is 0 Å². The normalized spacial score (nSPS) is 12.2. The van der Waals surface area contributed by atoms with Crippen molar-refractivity contribution in [3.05, 3.63) is 71.3 Å². The highest BCUT2D eigenvalue weighted by Crippen LogP contribution is 2.34. The van der Waals surface area contributed by atoms with Crippen LogP contribution in [0.2, 0.25) is 0 Å². The number of amides is 1. The lowest BCUT2D eigenvalue weighted by molar-refractivity contribution is -0.119. The summed E-state index contributed by atoms with van der Waals surface area (Å²) in [5, 5.41) is 10.4. The lowest BCUT2D eigenvalue weighted by Crippen LogP contribution is -2.27. The van der Waals surface area contributed by atoms with E-state index in [1.54, 1.807) is 44.7 Å². The Bertz CT molecular complexity index is 968. The topological polar surface area (TPSA) is 99.1 Å². The number of hydrogen-bond acceptors (Lipinski definition) is 7. The maximum Gasteiger partial charge on any atom is 0.217 e. The molecule has 0 saturated carbocycles. The van der Waals surface area contributed by atoms with Crippen molar-refractivity contribution in [1.82, 2.24) is 10.3 Å². The number of aliphatic hydroxyl groups is 1. The van der Waals surface area contributed by atoms with E-state index in [1.807, 2.05) is 19.1 Å². The summed E-state index contributed by atoms with van der Waals surface area (Å²) in [7, 11) is 6.22. The molecule has 0 saturated heterocycles. The van der Waals surface area contributed by atoms with E-state index < -0.39 is 6.04 Å². The number of carbonyl (C=O) groups is 1. The number of aromatic nitrogens is 1. The van der Waals surface area contributed by atoms with Gasteiger partial charge in [0.05, 0.1) is 31.6 Å². The van der Waals surface area contributed by atoms with E-state index in [0.29, 0.717) is 22.1 Å². The van der Waals surface area contributed by atoms with Crippen LogP contribution in [0.1, 0.15) is 29.8 Å². The highest BCUT2D eigenvalue weighted by Gasteiger charge is 2.20. The molecule has 10 heteroatoms. The SMILES string of the molecule is CO.COc1ccc(C(NC(C)=O)C(=C\OCOP)/C=C(/Cl)c2cccnc2C)cc1OC. The number of ether oxygens (including phenoxy) is 3. The number of pyridine rings is 1. The fourth-order valence-corrected chi connectivity index (χ4v) is 3.31. The van der Waals surface area contributed by atoms with E-state index >= 15 is 0 Å². The quantitative estimate of drug-likeness (QED) is 0.168. The van der Waals surface area contributed by atoms with Crippen LogP contribution in [-0.4, -0.2) is 44.1 Å². The summed E-state index contributed by atoms with van der Waals surface area (Å²) in [6, 6.07) is 8.49. The largest absolute Gasteiger partial charge is 0.493 e. The van der Waals surface area contributed by atoms with Gasteiger partial charge >= 0.3 is 0 Å². The molecule has 1 aromatic carbocycles. The molecule has 1 aromatic heterocycles. The molecule has 0 fully saturated rings. The van der Waals surface area contributed by atoms with E-state index in [-0.39, 0.29) is 12.7 Å². The Morgan fingerprint density at radius 1 is 1.24 bits per heavy atom. The molecule has 180 valence electrons. The van der Waals surface area contributed by atoms with Gasteiger partial charge < -0.3 is 29.2 Å². The van der Waals surface area contributed by atoms with Crippen LogP contribution in [0.25, 0.3) is 5.03 Å². The summed E-state index contributed by atoms with van der Waals surface area (Å²) < 4.78 is 21.1. The molecule has 0 radical (unpaired) electrons. The summed E-state index contributed by atoms with van der Waals surface area (Å²) in [5.74, 6) is 0.878.